The first-order valence-electron chi connectivity index (χ1n) is 8.63. The summed E-state index contributed by atoms with van der Waals surface area (Å²) in [5.74, 6) is 0.903. The number of ether oxygens (including phenoxy) is 1. The quantitative estimate of drug-likeness (QED) is 0.535. The van der Waals surface area contributed by atoms with Crippen molar-refractivity contribution in [1.29, 1.82) is 0 Å². The van der Waals surface area contributed by atoms with Crippen molar-refractivity contribution in [1.82, 2.24) is 20.7 Å². The molecule has 4 aromatic rings. The second-order valence-corrected chi connectivity index (χ2v) is 6.10. The van der Waals surface area contributed by atoms with Crippen LogP contribution in [-0.2, 0) is 19.7 Å². The Labute approximate surface area is 152 Å². The highest BCUT2D eigenvalue weighted by Gasteiger charge is 2.09. The fraction of sp³-hybridized carbons (Fsp3) is 0.143. The second-order valence-electron chi connectivity index (χ2n) is 6.10. The molecular weight excluding hydrogens is 324 g/mol. The summed E-state index contributed by atoms with van der Waals surface area (Å²) in [4.78, 5) is 0. The third kappa shape index (κ3) is 3.73. The van der Waals surface area contributed by atoms with E-state index in [1.807, 2.05) is 18.2 Å². The zero-order valence-corrected chi connectivity index (χ0v) is 14.4. The molecular formula is C21H20N4O. The molecule has 1 aromatic heterocycles. The Morgan fingerprint density at radius 2 is 1.73 bits per heavy atom. The first-order chi connectivity index (χ1) is 12.9. The van der Waals surface area contributed by atoms with Gasteiger partial charge in [-0.3, -0.25) is 0 Å². The van der Waals surface area contributed by atoms with Gasteiger partial charge < -0.3 is 10.1 Å². The van der Waals surface area contributed by atoms with Crippen molar-refractivity contribution >= 4 is 10.8 Å². The monoisotopic (exact) mass is 344 g/mol. The maximum Gasteiger partial charge on any atom is 0.124 e. The van der Waals surface area contributed by atoms with Crippen LogP contribution in [0.4, 0.5) is 0 Å². The zero-order chi connectivity index (χ0) is 17.6. The topological polar surface area (TPSA) is 62.8 Å². The molecule has 5 nitrogen and oxygen atoms in total. The van der Waals surface area contributed by atoms with Crippen LogP contribution < -0.4 is 10.1 Å². The molecule has 0 aliphatic carbocycles. The molecule has 0 amide bonds. The molecule has 2 N–H and O–H groups in total. The summed E-state index contributed by atoms with van der Waals surface area (Å²) < 4.78 is 6.14. The van der Waals surface area contributed by atoms with Crippen LogP contribution in [0.3, 0.4) is 0 Å². The van der Waals surface area contributed by atoms with E-state index in [9.17, 15) is 0 Å². The van der Waals surface area contributed by atoms with E-state index in [-0.39, 0.29) is 0 Å². The average molecular weight is 344 g/mol. The Bertz CT molecular complexity index is 968. The predicted molar refractivity (Wildman–Crippen MR) is 102 cm³/mol. The van der Waals surface area contributed by atoms with Crippen LogP contribution in [0, 0.1) is 0 Å². The maximum atomic E-state index is 6.14. The third-order valence-electron chi connectivity index (χ3n) is 4.31. The van der Waals surface area contributed by atoms with Crippen molar-refractivity contribution in [3.8, 4) is 5.75 Å². The number of nitrogens with one attached hydrogen (secondary N) is 2. The van der Waals surface area contributed by atoms with Gasteiger partial charge in [0.2, 0.25) is 0 Å². The van der Waals surface area contributed by atoms with Crippen molar-refractivity contribution in [3.05, 3.63) is 89.7 Å². The highest BCUT2D eigenvalue weighted by Crippen LogP contribution is 2.28. The standard InChI is InChI=1S/C21H20N4O/c1-2-6-16(7-3-1)15-26-21-11-10-17-8-4-5-9-19(17)20(21)14-22-12-18-13-23-25-24-18/h1-11,13,22H,12,14-15H2,(H,23,24,25). The molecule has 4 rings (SSSR count). The Morgan fingerprint density at radius 3 is 2.58 bits per heavy atom. The van der Waals surface area contributed by atoms with E-state index >= 15 is 0 Å². The number of nitrogens with zero attached hydrogens (tertiary/aromatic N) is 2. The van der Waals surface area contributed by atoms with Crippen molar-refractivity contribution in [2.75, 3.05) is 0 Å². The largest absolute Gasteiger partial charge is 0.489 e. The van der Waals surface area contributed by atoms with Crippen LogP contribution in [0.2, 0.25) is 0 Å². The second kappa shape index (κ2) is 7.80. The van der Waals surface area contributed by atoms with Gasteiger partial charge in [0.1, 0.15) is 12.4 Å². The molecule has 0 unspecified atom stereocenters. The normalized spacial score (nSPS) is 10.9. The summed E-state index contributed by atoms with van der Waals surface area (Å²) in [6.07, 6.45) is 1.73. The lowest BCUT2D eigenvalue weighted by Crippen LogP contribution is -2.14. The van der Waals surface area contributed by atoms with Crippen LogP contribution in [0.1, 0.15) is 16.8 Å². The average Bonchev–Trinajstić information content (AvgIpc) is 3.21. The highest BCUT2D eigenvalue weighted by molar-refractivity contribution is 5.87. The van der Waals surface area contributed by atoms with Crippen LogP contribution >= 0.6 is 0 Å². The molecule has 0 radical (unpaired) electrons. The maximum absolute atomic E-state index is 6.14. The minimum Gasteiger partial charge on any atom is -0.489 e. The smallest absolute Gasteiger partial charge is 0.124 e. The molecule has 0 saturated carbocycles. The minimum atomic E-state index is 0.551. The first kappa shape index (κ1) is 16.3. The van der Waals surface area contributed by atoms with E-state index in [1.54, 1.807) is 6.20 Å². The van der Waals surface area contributed by atoms with Gasteiger partial charge in [0.25, 0.3) is 0 Å². The van der Waals surface area contributed by atoms with E-state index in [1.165, 1.54) is 10.8 Å². The van der Waals surface area contributed by atoms with Crippen molar-refractivity contribution in [3.63, 3.8) is 0 Å². The zero-order valence-electron chi connectivity index (χ0n) is 14.4. The Morgan fingerprint density at radius 1 is 0.885 bits per heavy atom. The Kier molecular flexibility index (Phi) is 4.89. The van der Waals surface area contributed by atoms with E-state index in [2.05, 4.69) is 69.3 Å². The molecule has 0 saturated heterocycles. The minimum absolute atomic E-state index is 0.551. The summed E-state index contributed by atoms with van der Waals surface area (Å²) in [7, 11) is 0. The molecule has 0 bridgehead atoms. The summed E-state index contributed by atoms with van der Waals surface area (Å²) >= 11 is 0. The predicted octanol–water partition coefficient (Wildman–Crippen LogP) is 3.83. The van der Waals surface area contributed by atoms with Crippen molar-refractivity contribution in [2.24, 2.45) is 0 Å². The summed E-state index contributed by atoms with van der Waals surface area (Å²) in [6, 6.07) is 22.7. The van der Waals surface area contributed by atoms with Crippen LogP contribution in [0.5, 0.6) is 5.75 Å². The fourth-order valence-electron chi connectivity index (χ4n) is 2.99. The number of benzene rings is 3. The van der Waals surface area contributed by atoms with Gasteiger partial charge in [-0.15, -0.1) is 0 Å². The lowest BCUT2D eigenvalue weighted by atomic mass is 10.0. The molecule has 1 heterocycles. The van der Waals surface area contributed by atoms with E-state index in [0.29, 0.717) is 19.7 Å². The van der Waals surface area contributed by atoms with Gasteiger partial charge in [-0.25, -0.2) is 0 Å². The number of aromatic amines is 1. The number of hydrogen-bond donors (Lipinski definition) is 2. The Balaban J connectivity index is 1.56. The van der Waals surface area contributed by atoms with Gasteiger partial charge in [-0.1, -0.05) is 60.7 Å². The third-order valence-corrected chi connectivity index (χ3v) is 4.31. The van der Waals surface area contributed by atoms with Crippen LogP contribution in [0.15, 0.2) is 72.9 Å². The van der Waals surface area contributed by atoms with Crippen LogP contribution in [-0.4, -0.2) is 15.4 Å². The molecule has 3 aromatic carbocycles. The fourth-order valence-corrected chi connectivity index (χ4v) is 2.99. The van der Waals surface area contributed by atoms with Crippen molar-refractivity contribution < 1.29 is 4.74 Å². The molecule has 130 valence electrons. The van der Waals surface area contributed by atoms with E-state index in [4.69, 9.17) is 4.74 Å². The van der Waals surface area contributed by atoms with Gasteiger partial charge in [-0.2, -0.15) is 15.4 Å². The van der Waals surface area contributed by atoms with Gasteiger partial charge >= 0.3 is 0 Å². The number of hydrogen-bond acceptors (Lipinski definition) is 4. The van der Waals surface area contributed by atoms with Gasteiger partial charge in [0.15, 0.2) is 0 Å². The number of H-pyrrole nitrogens is 1. The molecule has 0 fully saturated rings. The number of fused-ring (bicyclic) bond motifs is 1. The van der Waals surface area contributed by atoms with Crippen molar-refractivity contribution in [2.45, 2.75) is 19.7 Å². The molecule has 5 heteroatoms. The number of aromatic nitrogens is 3. The first-order valence-corrected chi connectivity index (χ1v) is 8.63. The highest BCUT2D eigenvalue weighted by atomic mass is 16.5. The lowest BCUT2D eigenvalue weighted by molar-refractivity contribution is 0.302. The Hall–Kier alpha value is -3.18. The van der Waals surface area contributed by atoms with E-state index in [0.717, 1.165) is 22.6 Å². The van der Waals surface area contributed by atoms with E-state index < -0.39 is 0 Å². The molecule has 26 heavy (non-hydrogen) atoms. The summed E-state index contributed by atoms with van der Waals surface area (Å²) in [6.45, 7) is 1.89. The molecule has 0 aliphatic heterocycles. The van der Waals surface area contributed by atoms with Gasteiger partial charge in [-0.05, 0) is 22.4 Å². The summed E-state index contributed by atoms with van der Waals surface area (Å²) in [5, 5.41) is 16.4. The molecule has 0 atom stereocenters. The number of rotatable bonds is 7. The molecule has 0 spiro atoms. The van der Waals surface area contributed by atoms with Crippen LogP contribution in [0.25, 0.3) is 10.8 Å². The summed E-state index contributed by atoms with van der Waals surface area (Å²) in [5.41, 5.74) is 3.20. The van der Waals surface area contributed by atoms with Gasteiger partial charge in [0.05, 0.1) is 11.9 Å². The molecule has 0 aliphatic rings. The SMILES string of the molecule is c1ccc(COc2ccc3ccccc3c2CNCc2cn[nH]n2)cc1. The lowest BCUT2D eigenvalue weighted by Gasteiger charge is -2.15. The van der Waals surface area contributed by atoms with Gasteiger partial charge in [0, 0.05) is 18.7 Å².